The summed E-state index contributed by atoms with van der Waals surface area (Å²) in [5.41, 5.74) is 4.16. The minimum Gasteiger partial charge on any atom is -0.507 e. The van der Waals surface area contributed by atoms with Crippen molar-refractivity contribution >= 4 is 63.0 Å². The van der Waals surface area contributed by atoms with Gasteiger partial charge in [0.1, 0.15) is 10.6 Å². The van der Waals surface area contributed by atoms with Gasteiger partial charge < -0.3 is 26.0 Å². The van der Waals surface area contributed by atoms with Crippen molar-refractivity contribution in [2.24, 2.45) is 5.92 Å². The summed E-state index contributed by atoms with van der Waals surface area (Å²) in [5.74, 6) is -2.93. The Kier molecular flexibility index (Phi) is 13.7. The SMILES string of the molecule is CC1=C(CNCC(=O)O)C(=O)C(C(C)C)=C/C1=C(/c1ccccc1S(=O)(=O)O)c1cc(C(C)C)c(O)c(CNCC(=O)O)c1C.[Na]. The van der Waals surface area contributed by atoms with Crippen LogP contribution in [-0.4, -0.2) is 95.2 Å². The molecule has 0 heterocycles. The molecule has 1 radical (unpaired) electrons. The first-order valence-electron chi connectivity index (χ1n) is 14.5. The van der Waals surface area contributed by atoms with Crippen LogP contribution in [0.1, 0.15) is 68.4 Å². The molecular weight excluding hydrogens is 623 g/mol. The number of Topliss-reactive ketones (excluding diaryl/α,β-unsaturated/α-hetero) is 1. The molecule has 0 saturated heterocycles. The van der Waals surface area contributed by atoms with E-state index in [1.807, 2.05) is 27.7 Å². The number of ketones is 1. The summed E-state index contributed by atoms with van der Waals surface area (Å²) in [6.45, 7) is 10.0. The van der Waals surface area contributed by atoms with Crippen LogP contribution in [0, 0.1) is 12.8 Å². The van der Waals surface area contributed by atoms with Crippen LogP contribution in [0.3, 0.4) is 0 Å². The second-order valence-electron chi connectivity index (χ2n) is 11.6. The van der Waals surface area contributed by atoms with Crippen molar-refractivity contribution < 1.29 is 42.7 Å². The van der Waals surface area contributed by atoms with Crippen molar-refractivity contribution in [3.63, 3.8) is 0 Å². The van der Waals surface area contributed by atoms with Crippen LogP contribution in [0.15, 0.2) is 63.6 Å². The Hall–Kier alpha value is -3.10. The molecule has 243 valence electrons. The monoisotopic (exact) mass is 663 g/mol. The zero-order valence-corrected chi connectivity index (χ0v) is 30.0. The third-order valence-electron chi connectivity index (χ3n) is 7.78. The van der Waals surface area contributed by atoms with E-state index in [0.29, 0.717) is 50.1 Å². The van der Waals surface area contributed by atoms with Crippen molar-refractivity contribution in [3.05, 3.63) is 86.5 Å². The first kappa shape index (κ1) is 39.1. The molecule has 0 saturated carbocycles. The second-order valence-corrected chi connectivity index (χ2v) is 13.0. The number of carbonyl (C=O) groups excluding carboxylic acids is 1. The topological polar surface area (TPSA) is 190 Å². The molecular formula is C33H40N2NaO9S. The van der Waals surface area contributed by atoms with E-state index in [4.69, 9.17) is 0 Å². The number of rotatable bonds is 13. The van der Waals surface area contributed by atoms with Crippen molar-refractivity contribution in [3.8, 4) is 5.75 Å². The molecule has 0 atom stereocenters. The van der Waals surface area contributed by atoms with E-state index in [-0.39, 0.29) is 89.6 Å². The second kappa shape index (κ2) is 16.1. The maximum Gasteiger partial charge on any atom is 0.317 e. The summed E-state index contributed by atoms with van der Waals surface area (Å²) in [5, 5.41) is 35.3. The summed E-state index contributed by atoms with van der Waals surface area (Å²) >= 11 is 0. The number of aromatic hydroxyl groups is 1. The van der Waals surface area contributed by atoms with Crippen LogP contribution in [0.2, 0.25) is 0 Å². The molecule has 0 unspecified atom stereocenters. The predicted molar refractivity (Wildman–Crippen MR) is 175 cm³/mol. The number of hydrogen-bond donors (Lipinski definition) is 6. The van der Waals surface area contributed by atoms with Gasteiger partial charge in [-0.05, 0) is 77.3 Å². The fraction of sp³-hybridized carbons (Fsp3) is 0.364. The van der Waals surface area contributed by atoms with Gasteiger partial charge >= 0.3 is 11.9 Å². The number of benzene rings is 2. The Morgan fingerprint density at radius 2 is 1.46 bits per heavy atom. The van der Waals surface area contributed by atoms with E-state index in [2.05, 4.69) is 10.6 Å². The quantitative estimate of drug-likeness (QED) is 0.135. The molecule has 0 aliphatic heterocycles. The molecule has 46 heavy (non-hydrogen) atoms. The molecule has 0 amide bonds. The Balaban J connectivity index is 0.00000736. The molecule has 0 aromatic heterocycles. The van der Waals surface area contributed by atoms with Gasteiger partial charge in [0.2, 0.25) is 0 Å². The van der Waals surface area contributed by atoms with Gasteiger partial charge in [0.25, 0.3) is 10.1 Å². The number of aliphatic carboxylic acids is 2. The molecule has 11 nitrogen and oxygen atoms in total. The van der Waals surface area contributed by atoms with Gasteiger partial charge in [0.15, 0.2) is 5.78 Å². The molecule has 13 heteroatoms. The molecule has 6 N–H and O–H groups in total. The van der Waals surface area contributed by atoms with E-state index in [1.54, 1.807) is 38.1 Å². The van der Waals surface area contributed by atoms with Gasteiger partial charge in [-0.2, -0.15) is 8.42 Å². The van der Waals surface area contributed by atoms with Crippen LogP contribution in [0.4, 0.5) is 0 Å². The number of nitrogens with one attached hydrogen (secondary N) is 2. The van der Waals surface area contributed by atoms with Gasteiger partial charge in [-0.3, -0.25) is 18.9 Å². The molecule has 1 aliphatic carbocycles. The van der Waals surface area contributed by atoms with Gasteiger partial charge in [0, 0.05) is 64.9 Å². The van der Waals surface area contributed by atoms with Gasteiger partial charge in [-0.1, -0.05) is 45.9 Å². The van der Waals surface area contributed by atoms with Crippen molar-refractivity contribution in [1.82, 2.24) is 10.6 Å². The minimum absolute atomic E-state index is 0. The Labute approximate surface area is 291 Å². The fourth-order valence-electron chi connectivity index (χ4n) is 5.42. The van der Waals surface area contributed by atoms with Gasteiger partial charge in [-0.25, -0.2) is 0 Å². The summed E-state index contributed by atoms with van der Waals surface area (Å²) in [6.07, 6.45) is 1.70. The fourth-order valence-corrected chi connectivity index (χ4v) is 6.12. The zero-order chi connectivity index (χ0) is 33.8. The number of phenolic OH excluding ortho intramolecular Hbond substituents is 1. The summed E-state index contributed by atoms with van der Waals surface area (Å²) < 4.78 is 35.7. The Morgan fingerprint density at radius 1 is 0.891 bits per heavy atom. The van der Waals surface area contributed by atoms with Crippen LogP contribution in [0.5, 0.6) is 5.75 Å². The van der Waals surface area contributed by atoms with E-state index in [1.165, 1.54) is 12.1 Å². The number of phenols is 1. The Morgan fingerprint density at radius 3 is 1.98 bits per heavy atom. The first-order chi connectivity index (χ1) is 21.0. The number of carboxylic acids is 2. The first-order valence-corrected chi connectivity index (χ1v) is 15.9. The molecule has 0 spiro atoms. The summed E-state index contributed by atoms with van der Waals surface area (Å²) in [4.78, 5) is 35.7. The molecule has 3 rings (SSSR count). The van der Waals surface area contributed by atoms with Crippen LogP contribution < -0.4 is 10.6 Å². The average molecular weight is 664 g/mol. The number of carboxylic acid groups (broad SMARTS) is 2. The third-order valence-corrected chi connectivity index (χ3v) is 8.69. The largest absolute Gasteiger partial charge is 0.507 e. The van der Waals surface area contributed by atoms with Crippen molar-refractivity contribution in [2.75, 3.05) is 19.6 Å². The maximum absolute atomic E-state index is 13.6. The van der Waals surface area contributed by atoms with E-state index in [0.717, 1.165) is 0 Å². The van der Waals surface area contributed by atoms with Crippen molar-refractivity contribution in [1.29, 1.82) is 0 Å². The standard InChI is InChI=1S/C33H40N2O9S.Na/c1-17(2)22-11-24(19(5)26(32(22)40)13-34-15-29(36)37)31(21-9-7-8-10-28(21)45(42,43)44)25-12-23(18(3)4)33(41)27(20(25)6)14-35-16-30(38)39;/h7-12,17-18,34-35,40H,13-16H2,1-6H3,(H,36,37)(H,38,39)(H,42,43,44);/b31-25+;. The maximum atomic E-state index is 13.6. The van der Waals surface area contributed by atoms with Gasteiger partial charge in [-0.15, -0.1) is 0 Å². The van der Waals surface area contributed by atoms with E-state index >= 15 is 0 Å². The molecule has 1 aliphatic rings. The van der Waals surface area contributed by atoms with Crippen LogP contribution in [-0.2, 0) is 31.0 Å². The molecule has 0 fully saturated rings. The zero-order valence-electron chi connectivity index (χ0n) is 27.2. The van der Waals surface area contributed by atoms with Crippen LogP contribution in [0.25, 0.3) is 5.57 Å². The van der Waals surface area contributed by atoms with Crippen LogP contribution >= 0.6 is 0 Å². The summed E-state index contributed by atoms with van der Waals surface area (Å²) in [6, 6.07) is 7.66. The van der Waals surface area contributed by atoms with E-state index < -0.39 is 22.1 Å². The molecule has 2 aromatic carbocycles. The third kappa shape index (κ3) is 8.82. The number of carbonyl (C=O) groups is 3. The smallest absolute Gasteiger partial charge is 0.317 e. The summed E-state index contributed by atoms with van der Waals surface area (Å²) in [7, 11) is -4.74. The minimum atomic E-state index is -4.74. The normalized spacial score (nSPS) is 14.8. The Bertz CT molecular complexity index is 1740. The molecule has 0 bridgehead atoms. The molecule has 2 aromatic rings. The predicted octanol–water partition coefficient (Wildman–Crippen LogP) is 3.82. The van der Waals surface area contributed by atoms with E-state index in [9.17, 15) is 42.7 Å². The number of hydrogen-bond acceptors (Lipinski definition) is 8. The van der Waals surface area contributed by atoms with Gasteiger partial charge in [0.05, 0.1) is 13.1 Å². The number of allylic oxidation sites excluding steroid dienone is 4. The van der Waals surface area contributed by atoms with Crippen molar-refractivity contribution in [2.45, 2.75) is 58.9 Å². The average Bonchev–Trinajstić information content (AvgIpc) is 2.93.